The number of hydrogen-bond donors (Lipinski definition) is 1. The summed E-state index contributed by atoms with van der Waals surface area (Å²) in [6.07, 6.45) is 3.59. The van der Waals surface area contributed by atoms with Gasteiger partial charge in [0.05, 0.1) is 0 Å². The van der Waals surface area contributed by atoms with E-state index in [-0.39, 0.29) is 11.9 Å². The molecule has 0 spiro atoms. The molecule has 132 valence electrons. The summed E-state index contributed by atoms with van der Waals surface area (Å²) in [7, 11) is 1.89. The fraction of sp³-hybridized carbons (Fsp3) is 0.389. The van der Waals surface area contributed by atoms with Crippen molar-refractivity contribution in [3.8, 4) is 0 Å². The number of hydrogen-bond acceptors (Lipinski definition) is 5. The van der Waals surface area contributed by atoms with Gasteiger partial charge in [-0.2, -0.15) is 5.10 Å². The van der Waals surface area contributed by atoms with E-state index >= 15 is 0 Å². The number of nitrogens with two attached hydrogens (primary N) is 1. The summed E-state index contributed by atoms with van der Waals surface area (Å²) >= 11 is 0. The highest BCUT2D eigenvalue weighted by Crippen LogP contribution is 2.27. The van der Waals surface area contributed by atoms with Gasteiger partial charge in [-0.1, -0.05) is 12.1 Å². The number of likely N-dealkylation sites (N-methyl/N-ethyl adjacent to an activating group) is 1. The van der Waals surface area contributed by atoms with Gasteiger partial charge in [0, 0.05) is 25.3 Å². The van der Waals surface area contributed by atoms with Crippen LogP contribution in [0.1, 0.15) is 24.4 Å². The first-order chi connectivity index (χ1) is 12.1. The number of rotatable bonds is 5. The number of piperidine rings is 1. The molecule has 0 saturated carbocycles. The van der Waals surface area contributed by atoms with Gasteiger partial charge in [-0.05, 0) is 49.7 Å². The van der Waals surface area contributed by atoms with E-state index in [0.717, 1.165) is 31.7 Å². The number of anilines is 1. The average Bonchev–Trinajstić information content (AvgIpc) is 2.64. The van der Waals surface area contributed by atoms with Crippen LogP contribution in [0.4, 0.5) is 10.2 Å². The van der Waals surface area contributed by atoms with E-state index < -0.39 is 11.9 Å². The van der Waals surface area contributed by atoms with Gasteiger partial charge in [0.25, 0.3) is 0 Å². The van der Waals surface area contributed by atoms with Crippen molar-refractivity contribution in [3.63, 3.8) is 0 Å². The van der Waals surface area contributed by atoms with Crippen LogP contribution in [0.2, 0.25) is 0 Å². The lowest BCUT2D eigenvalue weighted by atomic mass is 9.98. The summed E-state index contributed by atoms with van der Waals surface area (Å²) in [5.74, 6) is 0.0601. The van der Waals surface area contributed by atoms with Crippen molar-refractivity contribution < 1.29 is 9.18 Å². The molecule has 0 aliphatic carbocycles. The number of nitrogens with zero attached hydrogens (tertiary/aromatic N) is 4. The maximum atomic E-state index is 13.2. The molecule has 1 aliphatic rings. The number of aromatic nitrogens is 2. The van der Waals surface area contributed by atoms with E-state index in [1.165, 1.54) is 12.1 Å². The predicted octanol–water partition coefficient (Wildman–Crippen LogP) is 1.74. The standard InChI is InChI=1S/C18H22FN5O/c1-23(17(18(20)25)13-6-8-14(19)9-7-13)15-4-3-11-24(12-15)16-5-2-10-21-22-16/h2,5-10,15,17H,3-4,11-12H2,1H3,(H2,20,25)/t15-,17-/m1/s1. The van der Waals surface area contributed by atoms with E-state index in [9.17, 15) is 9.18 Å². The van der Waals surface area contributed by atoms with Crippen LogP contribution in [0.15, 0.2) is 42.6 Å². The molecule has 1 aromatic carbocycles. The van der Waals surface area contributed by atoms with Gasteiger partial charge < -0.3 is 10.6 Å². The van der Waals surface area contributed by atoms with Crippen LogP contribution in [0, 0.1) is 5.82 Å². The average molecular weight is 343 g/mol. The molecule has 2 N–H and O–H groups in total. The molecule has 1 fully saturated rings. The number of amides is 1. The highest BCUT2D eigenvalue weighted by Gasteiger charge is 2.31. The van der Waals surface area contributed by atoms with Crippen molar-refractivity contribution in [1.29, 1.82) is 0 Å². The molecule has 1 saturated heterocycles. The van der Waals surface area contributed by atoms with Crippen LogP contribution in [0.5, 0.6) is 0 Å². The molecule has 6 nitrogen and oxygen atoms in total. The van der Waals surface area contributed by atoms with Crippen molar-refractivity contribution in [2.45, 2.75) is 24.9 Å². The second-order valence-electron chi connectivity index (χ2n) is 6.35. The minimum atomic E-state index is -0.590. The third-order valence-electron chi connectivity index (χ3n) is 4.72. The summed E-state index contributed by atoms with van der Waals surface area (Å²) in [6.45, 7) is 1.64. The molecule has 7 heteroatoms. The van der Waals surface area contributed by atoms with Crippen molar-refractivity contribution >= 4 is 11.7 Å². The Kier molecular flexibility index (Phi) is 5.23. The van der Waals surface area contributed by atoms with E-state index in [1.54, 1.807) is 18.3 Å². The number of carbonyl (C=O) groups excluding carboxylic acids is 1. The highest BCUT2D eigenvalue weighted by molar-refractivity contribution is 5.81. The van der Waals surface area contributed by atoms with Crippen LogP contribution >= 0.6 is 0 Å². The lowest BCUT2D eigenvalue weighted by Gasteiger charge is -2.40. The van der Waals surface area contributed by atoms with Gasteiger partial charge in [0.15, 0.2) is 5.82 Å². The molecule has 1 aliphatic heterocycles. The normalized spacial score (nSPS) is 19.0. The van der Waals surface area contributed by atoms with Crippen LogP contribution in [0.25, 0.3) is 0 Å². The maximum absolute atomic E-state index is 13.2. The smallest absolute Gasteiger partial charge is 0.239 e. The lowest BCUT2D eigenvalue weighted by Crippen LogP contribution is -2.50. The molecule has 3 rings (SSSR count). The number of carbonyl (C=O) groups is 1. The van der Waals surface area contributed by atoms with E-state index in [0.29, 0.717) is 5.56 Å². The van der Waals surface area contributed by atoms with Gasteiger partial charge in [-0.25, -0.2) is 4.39 Å². The third-order valence-corrected chi connectivity index (χ3v) is 4.72. The topological polar surface area (TPSA) is 75.3 Å². The Balaban J connectivity index is 1.78. The van der Waals surface area contributed by atoms with Gasteiger partial charge in [-0.15, -0.1) is 5.10 Å². The highest BCUT2D eigenvalue weighted by atomic mass is 19.1. The summed E-state index contributed by atoms with van der Waals surface area (Å²) < 4.78 is 13.2. The fourth-order valence-corrected chi connectivity index (χ4v) is 3.41. The summed E-state index contributed by atoms with van der Waals surface area (Å²) in [6, 6.07) is 9.28. The van der Waals surface area contributed by atoms with Gasteiger partial charge in [-0.3, -0.25) is 9.69 Å². The quantitative estimate of drug-likeness (QED) is 0.895. The third kappa shape index (κ3) is 3.93. The zero-order valence-corrected chi connectivity index (χ0v) is 14.2. The minimum absolute atomic E-state index is 0.137. The van der Waals surface area contributed by atoms with Crippen LogP contribution in [0.3, 0.4) is 0 Å². The Hall–Kier alpha value is -2.54. The SMILES string of the molecule is CN([C@@H]1CCCN(c2cccnn2)C1)[C@@H](C(N)=O)c1ccc(F)cc1. The van der Waals surface area contributed by atoms with Crippen molar-refractivity contribution in [2.75, 3.05) is 25.0 Å². The molecule has 0 radical (unpaired) electrons. The monoisotopic (exact) mass is 343 g/mol. The van der Waals surface area contributed by atoms with Crippen molar-refractivity contribution in [1.82, 2.24) is 15.1 Å². The summed E-state index contributed by atoms with van der Waals surface area (Å²) in [5, 5.41) is 8.10. The molecule has 2 atom stereocenters. The first kappa shape index (κ1) is 17.3. The Morgan fingerprint density at radius 1 is 1.36 bits per heavy atom. The molecule has 1 amide bonds. The molecule has 0 unspecified atom stereocenters. The summed E-state index contributed by atoms with van der Waals surface area (Å²) in [5.41, 5.74) is 6.35. The molecule has 2 heterocycles. The molecule has 2 aromatic rings. The second kappa shape index (κ2) is 7.57. The van der Waals surface area contributed by atoms with Crippen molar-refractivity contribution in [3.05, 3.63) is 54.0 Å². The van der Waals surface area contributed by atoms with E-state index in [1.807, 2.05) is 24.1 Å². The minimum Gasteiger partial charge on any atom is -0.368 e. The van der Waals surface area contributed by atoms with E-state index in [2.05, 4.69) is 15.1 Å². The number of halogens is 1. The Morgan fingerprint density at radius 3 is 2.76 bits per heavy atom. The van der Waals surface area contributed by atoms with Gasteiger partial charge in [0.1, 0.15) is 11.9 Å². The van der Waals surface area contributed by atoms with Crippen LogP contribution < -0.4 is 10.6 Å². The van der Waals surface area contributed by atoms with Crippen LogP contribution in [-0.2, 0) is 4.79 Å². The molecular weight excluding hydrogens is 321 g/mol. The molecule has 1 aromatic heterocycles. The molecule has 0 bridgehead atoms. The lowest BCUT2D eigenvalue weighted by molar-refractivity contribution is -0.123. The zero-order chi connectivity index (χ0) is 17.8. The first-order valence-corrected chi connectivity index (χ1v) is 8.35. The largest absolute Gasteiger partial charge is 0.368 e. The summed E-state index contributed by atoms with van der Waals surface area (Å²) in [4.78, 5) is 16.2. The molecule has 25 heavy (non-hydrogen) atoms. The second-order valence-corrected chi connectivity index (χ2v) is 6.35. The van der Waals surface area contributed by atoms with Gasteiger partial charge >= 0.3 is 0 Å². The van der Waals surface area contributed by atoms with Gasteiger partial charge in [0.2, 0.25) is 5.91 Å². The first-order valence-electron chi connectivity index (χ1n) is 8.35. The van der Waals surface area contributed by atoms with E-state index in [4.69, 9.17) is 5.73 Å². The Bertz CT molecular complexity index is 709. The maximum Gasteiger partial charge on any atom is 0.239 e. The van der Waals surface area contributed by atoms with Crippen molar-refractivity contribution in [2.24, 2.45) is 5.73 Å². The van der Waals surface area contributed by atoms with Crippen LogP contribution in [-0.4, -0.2) is 47.2 Å². The Labute approximate surface area is 146 Å². The fourth-order valence-electron chi connectivity index (χ4n) is 3.41. The number of benzene rings is 1. The zero-order valence-electron chi connectivity index (χ0n) is 14.2. The number of primary amides is 1. The molecular formula is C18H22FN5O. The Morgan fingerprint density at radius 2 is 2.12 bits per heavy atom. The predicted molar refractivity (Wildman–Crippen MR) is 93.4 cm³/mol.